The van der Waals surface area contributed by atoms with Crippen molar-refractivity contribution < 1.29 is 30.8 Å². The number of amides is 1. The Bertz CT molecular complexity index is 1650. The summed E-state index contributed by atoms with van der Waals surface area (Å²) in [5.41, 5.74) is 0.989. The van der Waals surface area contributed by atoms with Crippen LogP contribution in [0.5, 0.6) is 0 Å². The Morgan fingerprint density at radius 1 is 1.19 bits per heavy atom. The third-order valence-corrected chi connectivity index (χ3v) is 7.53. The minimum Gasteiger partial charge on any atom is -0.472 e. The van der Waals surface area contributed by atoms with Crippen LogP contribution >= 0.6 is 15.9 Å². The van der Waals surface area contributed by atoms with Gasteiger partial charge < -0.3 is 14.7 Å². The SMILES string of the molecule is CCc1nc(=O)cc(C(N)=O)n1Cc1c2ccocc-2c(Br)c1-c1ccccc1NS(=O)(=O)C(F)(F)F. The summed E-state index contributed by atoms with van der Waals surface area (Å²) >= 11 is 3.47. The zero-order valence-electron chi connectivity index (χ0n) is 19.0. The molecule has 4 rings (SSSR count). The number of para-hydroxylation sites is 1. The molecule has 3 N–H and O–H groups in total. The van der Waals surface area contributed by atoms with Crippen LogP contribution in [0, 0.1) is 0 Å². The van der Waals surface area contributed by atoms with Crippen molar-refractivity contribution in [3.05, 3.63) is 80.8 Å². The summed E-state index contributed by atoms with van der Waals surface area (Å²) in [6, 6.07) is 8.19. The first-order chi connectivity index (χ1) is 17.4. The summed E-state index contributed by atoms with van der Waals surface area (Å²) in [4.78, 5) is 28.2. The number of sulfonamides is 1. The van der Waals surface area contributed by atoms with Gasteiger partial charge in [0, 0.05) is 33.7 Å². The molecule has 0 radical (unpaired) electrons. The van der Waals surface area contributed by atoms with Crippen LogP contribution in [0.4, 0.5) is 18.9 Å². The van der Waals surface area contributed by atoms with Crippen molar-refractivity contribution in [1.29, 1.82) is 0 Å². The number of nitrogens with one attached hydrogen (secondary N) is 1. The first-order valence-corrected chi connectivity index (χ1v) is 12.9. The molecule has 1 amide bonds. The number of fused-ring (bicyclic) bond motifs is 1. The number of benzene rings is 1. The fraction of sp³-hybridized carbons (Fsp3) is 0.174. The maximum atomic E-state index is 13.2. The Hall–Kier alpha value is -3.65. The molecule has 1 aliphatic heterocycles. The number of alkyl halides is 3. The normalized spacial score (nSPS) is 12.1. The Balaban J connectivity index is 2.00. The molecule has 0 bridgehead atoms. The average molecular weight is 599 g/mol. The lowest BCUT2D eigenvalue weighted by Crippen LogP contribution is -2.30. The highest BCUT2D eigenvalue weighted by atomic mass is 79.9. The number of halogens is 4. The number of carbonyl (C=O) groups is 1. The van der Waals surface area contributed by atoms with Crippen molar-refractivity contribution in [2.75, 3.05) is 4.72 Å². The average Bonchev–Trinajstić information content (AvgIpc) is 3.10. The molecule has 2 aromatic rings. The largest absolute Gasteiger partial charge is 0.516 e. The molecule has 0 spiro atoms. The van der Waals surface area contributed by atoms with Crippen LogP contribution < -0.4 is 16.0 Å². The van der Waals surface area contributed by atoms with E-state index >= 15 is 0 Å². The van der Waals surface area contributed by atoms with Crippen molar-refractivity contribution in [3.63, 3.8) is 0 Å². The predicted octanol–water partition coefficient (Wildman–Crippen LogP) is 4.34. The van der Waals surface area contributed by atoms with E-state index in [1.807, 2.05) is 0 Å². The van der Waals surface area contributed by atoms with Gasteiger partial charge in [-0.05, 0) is 39.2 Å². The van der Waals surface area contributed by atoms with Gasteiger partial charge >= 0.3 is 15.5 Å². The van der Waals surface area contributed by atoms with E-state index in [0.29, 0.717) is 26.7 Å². The van der Waals surface area contributed by atoms with Gasteiger partial charge in [-0.15, -0.1) is 0 Å². The van der Waals surface area contributed by atoms with Gasteiger partial charge in [-0.1, -0.05) is 25.1 Å². The van der Waals surface area contributed by atoms with Crippen LogP contribution in [0.15, 0.2) is 62.6 Å². The molecule has 1 aliphatic carbocycles. The molecule has 0 saturated carbocycles. The topological polar surface area (TPSA) is 137 Å². The monoisotopic (exact) mass is 598 g/mol. The van der Waals surface area contributed by atoms with E-state index < -0.39 is 27.0 Å². The summed E-state index contributed by atoms with van der Waals surface area (Å²) in [5, 5.41) is 0. The van der Waals surface area contributed by atoms with Crippen molar-refractivity contribution in [2.45, 2.75) is 25.4 Å². The number of aromatic nitrogens is 2. The van der Waals surface area contributed by atoms with E-state index in [-0.39, 0.29) is 35.7 Å². The van der Waals surface area contributed by atoms with Crippen molar-refractivity contribution >= 4 is 37.5 Å². The maximum absolute atomic E-state index is 13.2. The number of hydrogen-bond donors (Lipinski definition) is 2. The van der Waals surface area contributed by atoms with E-state index in [0.717, 1.165) is 6.07 Å². The van der Waals surface area contributed by atoms with Gasteiger partial charge in [-0.3, -0.25) is 14.3 Å². The van der Waals surface area contributed by atoms with Gasteiger partial charge in [0.15, 0.2) is 0 Å². The van der Waals surface area contributed by atoms with Gasteiger partial charge in [0.05, 0.1) is 24.8 Å². The van der Waals surface area contributed by atoms with Crippen LogP contribution in [0.1, 0.15) is 28.8 Å². The number of rotatable bonds is 7. The highest BCUT2D eigenvalue weighted by molar-refractivity contribution is 9.10. The zero-order valence-corrected chi connectivity index (χ0v) is 21.4. The molecule has 2 aliphatic rings. The Morgan fingerprint density at radius 3 is 2.54 bits per heavy atom. The van der Waals surface area contributed by atoms with Crippen molar-refractivity contribution in [3.8, 4) is 22.3 Å². The van der Waals surface area contributed by atoms with Crippen molar-refractivity contribution in [2.24, 2.45) is 5.73 Å². The lowest BCUT2D eigenvalue weighted by Gasteiger charge is -2.18. The third-order valence-electron chi connectivity index (χ3n) is 5.60. The number of nitrogens with two attached hydrogens (primary N) is 1. The maximum Gasteiger partial charge on any atom is 0.516 e. The molecule has 9 nitrogen and oxygen atoms in total. The van der Waals surface area contributed by atoms with Gasteiger partial charge in [-0.2, -0.15) is 26.6 Å². The van der Waals surface area contributed by atoms with Crippen molar-refractivity contribution in [1.82, 2.24) is 9.55 Å². The highest BCUT2D eigenvalue weighted by Gasteiger charge is 2.46. The minimum atomic E-state index is -5.72. The fourth-order valence-corrected chi connectivity index (χ4v) is 5.35. The third kappa shape index (κ3) is 4.85. The van der Waals surface area contributed by atoms with Crippen LogP contribution in [0.2, 0.25) is 0 Å². The summed E-state index contributed by atoms with van der Waals surface area (Å²) in [6.07, 6.45) is 3.07. The van der Waals surface area contributed by atoms with Crippen LogP contribution in [-0.2, 0) is 23.0 Å². The van der Waals surface area contributed by atoms with Crippen LogP contribution in [0.3, 0.4) is 0 Å². The van der Waals surface area contributed by atoms with E-state index in [2.05, 4.69) is 20.9 Å². The first-order valence-electron chi connectivity index (χ1n) is 10.6. The number of aryl methyl sites for hydroxylation is 1. The lowest BCUT2D eigenvalue weighted by atomic mass is 10.0. The zero-order chi connectivity index (χ0) is 27.1. The summed E-state index contributed by atoms with van der Waals surface area (Å²) in [5.74, 6) is -0.622. The molecule has 1 aromatic carbocycles. The lowest BCUT2D eigenvalue weighted by molar-refractivity contribution is -0.0429. The van der Waals surface area contributed by atoms with E-state index in [1.54, 1.807) is 17.7 Å². The molecule has 2 heterocycles. The molecular formula is C23H18BrF3N4O5S. The molecule has 0 atom stereocenters. The van der Waals surface area contributed by atoms with Gasteiger partial charge in [0.2, 0.25) is 0 Å². The molecule has 14 heteroatoms. The van der Waals surface area contributed by atoms with E-state index in [4.69, 9.17) is 10.2 Å². The standard InChI is InChI=1S/C23H18BrF3N4O5S/c1-2-18-29-19(32)9-17(22(28)33)31(18)10-14-12-7-8-36-11-15(12)21(24)20(14)13-5-3-4-6-16(13)30-37(34,35)23(25,26)27/h3-9,11,30H,2,10H2,1H3,(H2,28,33). The quantitative estimate of drug-likeness (QED) is 0.324. The predicted molar refractivity (Wildman–Crippen MR) is 133 cm³/mol. The fourth-order valence-electron chi connectivity index (χ4n) is 4.00. The summed E-state index contributed by atoms with van der Waals surface area (Å²) in [6.45, 7) is 1.65. The first kappa shape index (κ1) is 26.4. The Kier molecular flexibility index (Phi) is 6.90. The number of nitrogens with zero attached hydrogens (tertiary/aromatic N) is 2. The molecule has 37 heavy (non-hydrogen) atoms. The second-order valence-electron chi connectivity index (χ2n) is 7.85. The number of hydrogen-bond acceptors (Lipinski definition) is 6. The van der Waals surface area contributed by atoms with Crippen LogP contribution in [0.25, 0.3) is 22.3 Å². The van der Waals surface area contributed by atoms with Gasteiger partial charge in [0.1, 0.15) is 11.5 Å². The summed E-state index contributed by atoms with van der Waals surface area (Å²) in [7, 11) is -5.72. The highest BCUT2D eigenvalue weighted by Crippen LogP contribution is 2.48. The Morgan fingerprint density at radius 2 is 1.89 bits per heavy atom. The smallest absolute Gasteiger partial charge is 0.472 e. The minimum absolute atomic E-state index is 0.0729. The molecule has 194 valence electrons. The Labute approximate surface area is 216 Å². The van der Waals surface area contributed by atoms with Crippen LogP contribution in [-0.4, -0.2) is 29.4 Å². The van der Waals surface area contributed by atoms with E-state index in [9.17, 15) is 31.2 Å². The molecule has 0 unspecified atom stereocenters. The molecule has 0 saturated heterocycles. The summed E-state index contributed by atoms with van der Waals surface area (Å²) < 4.78 is 72.0. The number of carbonyl (C=O) groups excluding carboxylic acids is 1. The second-order valence-corrected chi connectivity index (χ2v) is 10.3. The molecule has 0 fully saturated rings. The van der Waals surface area contributed by atoms with Gasteiger partial charge in [0.25, 0.3) is 11.5 Å². The number of anilines is 1. The molecule has 1 aromatic heterocycles. The number of primary amides is 1. The molecular weight excluding hydrogens is 581 g/mol. The van der Waals surface area contributed by atoms with Gasteiger partial charge in [-0.25, -0.2) is 0 Å². The van der Waals surface area contributed by atoms with E-state index in [1.165, 1.54) is 41.4 Å². The second kappa shape index (κ2) is 9.67.